The largest absolute Gasteiger partial charge is 0.452 e. The summed E-state index contributed by atoms with van der Waals surface area (Å²) in [5.74, 6) is -1.08. The Kier molecular flexibility index (Phi) is 5.94. The Morgan fingerprint density at radius 3 is 2.73 bits per heavy atom. The van der Waals surface area contributed by atoms with Crippen molar-refractivity contribution in [3.05, 3.63) is 41.1 Å². The van der Waals surface area contributed by atoms with Crippen molar-refractivity contribution in [3.63, 3.8) is 0 Å². The lowest BCUT2D eigenvalue weighted by molar-refractivity contribution is -0.143. The van der Waals surface area contributed by atoms with Crippen LogP contribution in [0.3, 0.4) is 0 Å². The molecule has 158 valence electrons. The summed E-state index contributed by atoms with van der Waals surface area (Å²) in [4.78, 5) is 45.3. The van der Waals surface area contributed by atoms with Gasteiger partial charge >= 0.3 is 5.97 Å². The topological polar surface area (TPSA) is 89.0 Å². The molecule has 2 amide bonds. The molecule has 2 aliphatic rings. The van der Waals surface area contributed by atoms with Gasteiger partial charge in [-0.15, -0.1) is 0 Å². The lowest BCUT2D eigenvalue weighted by atomic mass is 10.0. The fourth-order valence-electron chi connectivity index (χ4n) is 3.96. The highest BCUT2D eigenvalue weighted by Gasteiger charge is 2.26. The number of benzene rings is 1. The van der Waals surface area contributed by atoms with Crippen LogP contribution in [0.4, 0.5) is 0 Å². The van der Waals surface area contributed by atoms with E-state index < -0.39 is 18.5 Å². The molecule has 1 aliphatic heterocycles. The number of hydrogen-bond donors (Lipinski definition) is 0. The van der Waals surface area contributed by atoms with Gasteiger partial charge in [0.05, 0.1) is 30.8 Å². The molecule has 1 aromatic heterocycles. The smallest absolute Gasteiger partial charge is 0.339 e. The Labute approximate surface area is 174 Å². The standard InChI is InChI=1S/C22H25N3O5/c1-24(13-19(26)25-9-11-29-12-10-25)20(27)14-30-22(28)21-15-5-2-3-7-17(15)23-18-8-4-6-16(18)21/h2-3,5,7H,4,6,8-14H2,1H3. The number of nitrogens with zero attached hydrogens (tertiary/aromatic N) is 3. The number of aromatic nitrogens is 1. The van der Waals surface area contributed by atoms with E-state index in [9.17, 15) is 14.4 Å². The van der Waals surface area contributed by atoms with E-state index in [1.807, 2.05) is 24.3 Å². The lowest BCUT2D eigenvalue weighted by Gasteiger charge is -2.28. The van der Waals surface area contributed by atoms with Gasteiger partial charge in [0, 0.05) is 31.2 Å². The average molecular weight is 411 g/mol. The van der Waals surface area contributed by atoms with Gasteiger partial charge in [0.25, 0.3) is 5.91 Å². The van der Waals surface area contributed by atoms with Gasteiger partial charge in [-0.1, -0.05) is 18.2 Å². The van der Waals surface area contributed by atoms with Gasteiger partial charge in [0.2, 0.25) is 5.91 Å². The van der Waals surface area contributed by atoms with Crippen molar-refractivity contribution in [2.45, 2.75) is 19.3 Å². The van der Waals surface area contributed by atoms with Crippen LogP contribution in [-0.2, 0) is 31.9 Å². The zero-order valence-electron chi connectivity index (χ0n) is 17.1. The minimum absolute atomic E-state index is 0.0516. The van der Waals surface area contributed by atoms with Gasteiger partial charge in [-0.3, -0.25) is 14.6 Å². The number of likely N-dealkylation sites (N-methyl/N-ethyl adjacent to an activating group) is 1. The second-order valence-corrected chi connectivity index (χ2v) is 7.60. The molecule has 0 spiro atoms. The first-order valence-corrected chi connectivity index (χ1v) is 10.2. The summed E-state index contributed by atoms with van der Waals surface area (Å²) < 4.78 is 10.6. The Hall–Kier alpha value is -3.00. The van der Waals surface area contributed by atoms with E-state index in [-0.39, 0.29) is 12.5 Å². The van der Waals surface area contributed by atoms with E-state index >= 15 is 0 Å². The zero-order chi connectivity index (χ0) is 21.1. The molecule has 1 aromatic carbocycles. The lowest BCUT2D eigenvalue weighted by Crippen LogP contribution is -2.46. The molecule has 2 heterocycles. The molecule has 0 radical (unpaired) electrons. The van der Waals surface area contributed by atoms with Crippen LogP contribution in [-0.4, -0.2) is 79.1 Å². The number of hydrogen-bond acceptors (Lipinski definition) is 6. The highest BCUT2D eigenvalue weighted by Crippen LogP contribution is 2.30. The number of aryl methyl sites for hydroxylation is 1. The van der Waals surface area contributed by atoms with Crippen molar-refractivity contribution in [3.8, 4) is 0 Å². The zero-order valence-corrected chi connectivity index (χ0v) is 17.1. The molecular weight excluding hydrogens is 386 g/mol. The summed E-state index contributed by atoms with van der Waals surface area (Å²) in [6, 6.07) is 7.47. The van der Waals surface area contributed by atoms with Crippen LogP contribution in [0.25, 0.3) is 10.9 Å². The van der Waals surface area contributed by atoms with E-state index in [2.05, 4.69) is 4.98 Å². The second-order valence-electron chi connectivity index (χ2n) is 7.60. The maximum Gasteiger partial charge on any atom is 0.339 e. The molecule has 30 heavy (non-hydrogen) atoms. The Balaban J connectivity index is 1.41. The number of rotatable bonds is 5. The average Bonchev–Trinajstić information content (AvgIpc) is 3.24. The highest BCUT2D eigenvalue weighted by atomic mass is 16.5. The Morgan fingerprint density at radius 1 is 1.17 bits per heavy atom. The molecule has 8 nitrogen and oxygen atoms in total. The van der Waals surface area contributed by atoms with Crippen molar-refractivity contribution >= 4 is 28.7 Å². The molecule has 1 aliphatic carbocycles. The number of amides is 2. The first kappa shape index (κ1) is 20.3. The maximum absolute atomic E-state index is 12.9. The number of ether oxygens (including phenoxy) is 2. The SMILES string of the molecule is CN(CC(=O)N1CCOCC1)C(=O)COC(=O)c1c2c(nc3ccccc13)CCC2. The van der Waals surface area contributed by atoms with Crippen molar-refractivity contribution in [2.24, 2.45) is 0 Å². The van der Waals surface area contributed by atoms with E-state index in [1.54, 1.807) is 4.90 Å². The van der Waals surface area contributed by atoms with Gasteiger partial charge in [-0.2, -0.15) is 0 Å². The molecule has 1 fully saturated rings. The number of carbonyl (C=O) groups excluding carboxylic acids is 3. The molecule has 4 rings (SSSR count). The van der Waals surface area contributed by atoms with E-state index in [4.69, 9.17) is 9.47 Å². The van der Waals surface area contributed by atoms with Crippen molar-refractivity contribution in [1.29, 1.82) is 0 Å². The van der Waals surface area contributed by atoms with Gasteiger partial charge in [0.15, 0.2) is 6.61 Å². The van der Waals surface area contributed by atoms with Gasteiger partial charge in [-0.25, -0.2) is 4.79 Å². The van der Waals surface area contributed by atoms with E-state index in [1.165, 1.54) is 11.9 Å². The first-order valence-electron chi connectivity index (χ1n) is 10.2. The van der Waals surface area contributed by atoms with Crippen LogP contribution in [0, 0.1) is 0 Å². The van der Waals surface area contributed by atoms with E-state index in [0.29, 0.717) is 31.9 Å². The predicted octanol–water partition coefficient (Wildman–Crippen LogP) is 1.20. The molecular formula is C22H25N3O5. The Morgan fingerprint density at radius 2 is 1.93 bits per heavy atom. The molecule has 0 bridgehead atoms. The number of pyridine rings is 1. The monoisotopic (exact) mass is 411 g/mol. The first-order chi connectivity index (χ1) is 14.5. The van der Waals surface area contributed by atoms with Crippen LogP contribution < -0.4 is 0 Å². The molecule has 0 saturated carbocycles. The predicted molar refractivity (Wildman–Crippen MR) is 109 cm³/mol. The van der Waals surface area contributed by atoms with Gasteiger partial charge < -0.3 is 19.3 Å². The van der Waals surface area contributed by atoms with E-state index in [0.717, 1.165) is 41.4 Å². The fourth-order valence-corrected chi connectivity index (χ4v) is 3.96. The van der Waals surface area contributed by atoms with Crippen molar-refractivity contribution < 1.29 is 23.9 Å². The van der Waals surface area contributed by atoms with Crippen LogP contribution in [0.1, 0.15) is 28.0 Å². The van der Waals surface area contributed by atoms with Crippen LogP contribution in [0.5, 0.6) is 0 Å². The summed E-state index contributed by atoms with van der Waals surface area (Å²) in [5, 5.41) is 0.742. The van der Waals surface area contributed by atoms with Gasteiger partial charge in [0.1, 0.15) is 0 Å². The van der Waals surface area contributed by atoms with Crippen LogP contribution in [0.2, 0.25) is 0 Å². The molecule has 1 saturated heterocycles. The number of carbonyl (C=O) groups is 3. The van der Waals surface area contributed by atoms with Crippen molar-refractivity contribution in [2.75, 3.05) is 46.5 Å². The fraction of sp³-hybridized carbons (Fsp3) is 0.455. The maximum atomic E-state index is 12.9. The Bertz CT molecular complexity index is 984. The summed E-state index contributed by atoms with van der Waals surface area (Å²) in [7, 11) is 1.54. The number of fused-ring (bicyclic) bond motifs is 2. The third-order valence-electron chi connectivity index (χ3n) is 5.61. The summed E-state index contributed by atoms with van der Waals surface area (Å²) >= 11 is 0. The van der Waals surface area contributed by atoms with Crippen LogP contribution >= 0.6 is 0 Å². The highest BCUT2D eigenvalue weighted by molar-refractivity contribution is 6.05. The second kappa shape index (κ2) is 8.79. The number of para-hydroxylation sites is 1. The third kappa shape index (κ3) is 4.14. The quantitative estimate of drug-likeness (QED) is 0.687. The molecule has 0 unspecified atom stereocenters. The number of esters is 1. The number of morpholine rings is 1. The molecule has 0 N–H and O–H groups in total. The van der Waals surface area contributed by atoms with Gasteiger partial charge in [-0.05, 0) is 30.9 Å². The third-order valence-corrected chi connectivity index (χ3v) is 5.61. The normalized spacial score (nSPS) is 15.7. The minimum atomic E-state index is -0.520. The van der Waals surface area contributed by atoms with Crippen molar-refractivity contribution in [1.82, 2.24) is 14.8 Å². The summed E-state index contributed by atoms with van der Waals surface area (Å²) in [5.41, 5.74) is 3.11. The minimum Gasteiger partial charge on any atom is -0.452 e. The molecule has 8 heteroatoms. The summed E-state index contributed by atoms with van der Waals surface area (Å²) in [6.07, 6.45) is 2.57. The van der Waals surface area contributed by atoms with Crippen LogP contribution in [0.15, 0.2) is 24.3 Å². The summed E-state index contributed by atoms with van der Waals surface area (Å²) in [6.45, 7) is 1.60. The molecule has 2 aromatic rings. The molecule has 0 atom stereocenters.